The van der Waals surface area contributed by atoms with Gasteiger partial charge in [0.05, 0.1) is 4.47 Å². The van der Waals surface area contributed by atoms with Gasteiger partial charge in [0.25, 0.3) is 5.91 Å². The Labute approximate surface area is 186 Å². The monoisotopic (exact) mass is 484 g/mol. The SMILES string of the molecule is N#C/C(=C/c1ccc(OCc2cccc(F)c2)c(Br)c1)C(=O)Nc1ccc(Cl)cc1. The first-order valence-corrected chi connectivity index (χ1v) is 9.97. The van der Waals surface area contributed by atoms with Crippen LogP contribution < -0.4 is 10.1 Å². The van der Waals surface area contributed by atoms with Crippen molar-refractivity contribution in [2.24, 2.45) is 0 Å². The summed E-state index contributed by atoms with van der Waals surface area (Å²) in [6.07, 6.45) is 1.48. The van der Waals surface area contributed by atoms with Gasteiger partial charge in [-0.2, -0.15) is 5.26 Å². The number of hydrogen-bond donors (Lipinski definition) is 1. The molecule has 7 heteroatoms. The minimum absolute atomic E-state index is 0.0507. The Morgan fingerprint density at radius 2 is 1.93 bits per heavy atom. The number of anilines is 1. The Morgan fingerprint density at radius 3 is 2.60 bits per heavy atom. The minimum Gasteiger partial charge on any atom is -0.488 e. The third-order valence-corrected chi connectivity index (χ3v) is 4.89. The first-order valence-electron chi connectivity index (χ1n) is 8.80. The van der Waals surface area contributed by atoms with Gasteiger partial charge in [0.15, 0.2) is 0 Å². The smallest absolute Gasteiger partial charge is 0.266 e. The second kappa shape index (κ2) is 10.1. The van der Waals surface area contributed by atoms with Crippen LogP contribution in [-0.2, 0) is 11.4 Å². The molecule has 0 aliphatic carbocycles. The molecule has 0 unspecified atom stereocenters. The van der Waals surface area contributed by atoms with E-state index in [-0.39, 0.29) is 18.0 Å². The summed E-state index contributed by atoms with van der Waals surface area (Å²) in [6.45, 7) is 0.207. The summed E-state index contributed by atoms with van der Waals surface area (Å²) in [7, 11) is 0. The zero-order chi connectivity index (χ0) is 21.5. The molecule has 1 amide bonds. The molecule has 0 aliphatic rings. The number of amides is 1. The van der Waals surface area contributed by atoms with E-state index in [1.807, 2.05) is 6.07 Å². The van der Waals surface area contributed by atoms with Crippen LogP contribution in [0.15, 0.2) is 76.8 Å². The number of halogens is 3. The first-order chi connectivity index (χ1) is 14.4. The number of nitriles is 1. The van der Waals surface area contributed by atoms with Gasteiger partial charge in [-0.15, -0.1) is 0 Å². The lowest BCUT2D eigenvalue weighted by Gasteiger charge is -2.09. The molecule has 0 fully saturated rings. The second-order valence-corrected chi connectivity index (χ2v) is 7.53. The lowest BCUT2D eigenvalue weighted by molar-refractivity contribution is -0.112. The molecule has 1 N–H and O–H groups in total. The molecule has 150 valence electrons. The molecule has 0 bridgehead atoms. The number of ether oxygens (including phenoxy) is 1. The van der Waals surface area contributed by atoms with E-state index in [0.29, 0.717) is 32.1 Å². The highest BCUT2D eigenvalue weighted by molar-refractivity contribution is 9.10. The number of hydrogen-bond acceptors (Lipinski definition) is 3. The second-order valence-electron chi connectivity index (χ2n) is 6.24. The van der Waals surface area contributed by atoms with Crippen LogP contribution in [0.4, 0.5) is 10.1 Å². The van der Waals surface area contributed by atoms with Gasteiger partial charge in [0.2, 0.25) is 0 Å². The van der Waals surface area contributed by atoms with E-state index >= 15 is 0 Å². The van der Waals surface area contributed by atoms with Crippen LogP contribution >= 0.6 is 27.5 Å². The van der Waals surface area contributed by atoms with Gasteiger partial charge in [0.1, 0.15) is 29.8 Å². The quantitative estimate of drug-likeness (QED) is 0.326. The van der Waals surface area contributed by atoms with Crippen molar-refractivity contribution in [3.05, 3.63) is 98.7 Å². The molecule has 0 spiro atoms. The van der Waals surface area contributed by atoms with Gasteiger partial charge in [0, 0.05) is 10.7 Å². The highest BCUT2D eigenvalue weighted by Gasteiger charge is 2.11. The van der Waals surface area contributed by atoms with Gasteiger partial charge >= 0.3 is 0 Å². The lowest BCUT2D eigenvalue weighted by Crippen LogP contribution is -2.13. The molecule has 0 saturated heterocycles. The zero-order valence-electron chi connectivity index (χ0n) is 15.5. The van der Waals surface area contributed by atoms with Crippen LogP contribution in [-0.4, -0.2) is 5.91 Å². The first kappa shape index (κ1) is 21.6. The summed E-state index contributed by atoms with van der Waals surface area (Å²) >= 11 is 9.25. The summed E-state index contributed by atoms with van der Waals surface area (Å²) in [6, 6.07) is 19.8. The number of carbonyl (C=O) groups excluding carboxylic acids is 1. The molecule has 3 aromatic carbocycles. The number of nitrogens with one attached hydrogen (secondary N) is 1. The standard InChI is InChI=1S/C23H15BrClFN2O2/c24-21-12-15(4-9-22(21)30-14-16-2-1-3-19(26)11-16)10-17(13-27)23(29)28-20-7-5-18(25)6-8-20/h1-12H,14H2,(H,28,29)/b17-10-. The van der Waals surface area contributed by atoms with E-state index in [2.05, 4.69) is 21.2 Å². The third kappa shape index (κ3) is 5.93. The number of benzene rings is 3. The number of carbonyl (C=O) groups is 1. The average Bonchev–Trinajstić information content (AvgIpc) is 2.73. The maximum absolute atomic E-state index is 13.3. The Hall–Kier alpha value is -3.14. The molecular weight excluding hydrogens is 471 g/mol. The summed E-state index contributed by atoms with van der Waals surface area (Å²) in [5.74, 6) is -0.292. The molecule has 0 radical (unpaired) electrons. The highest BCUT2D eigenvalue weighted by atomic mass is 79.9. The number of rotatable bonds is 6. The molecule has 0 atom stereocenters. The van der Waals surface area contributed by atoms with Crippen molar-refractivity contribution in [1.82, 2.24) is 0 Å². The van der Waals surface area contributed by atoms with E-state index in [0.717, 1.165) is 0 Å². The van der Waals surface area contributed by atoms with Crippen LogP contribution in [0, 0.1) is 17.1 Å². The molecular formula is C23H15BrClFN2O2. The van der Waals surface area contributed by atoms with E-state index in [9.17, 15) is 14.4 Å². The van der Waals surface area contributed by atoms with E-state index in [1.54, 1.807) is 54.6 Å². The lowest BCUT2D eigenvalue weighted by atomic mass is 10.1. The van der Waals surface area contributed by atoms with Crippen LogP contribution in [0.5, 0.6) is 5.75 Å². The van der Waals surface area contributed by atoms with Crippen LogP contribution in [0.3, 0.4) is 0 Å². The Kier molecular flexibility index (Phi) is 7.23. The predicted octanol–water partition coefficient (Wildman–Crippen LogP) is 6.37. The maximum Gasteiger partial charge on any atom is 0.266 e. The summed E-state index contributed by atoms with van der Waals surface area (Å²) in [5.41, 5.74) is 1.83. The molecule has 0 aromatic heterocycles. The van der Waals surface area contributed by atoms with Crippen molar-refractivity contribution in [3.63, 3.8) is 0 Å². The minimum atomic E-state index is -0.526. The summed E-state index contributed by atoms with van der Waals surface area (Å²) in [4.78, 5) is 12.4. The van der Waals surface area contributed by atoms with Crippen molar-refractivity contribution in [2.75, 3.05) is 5.32 Å². The van der Waals surface area contributed by atoms with E-state index in [1.165, 1.54) is 18.2 Å². The van der Waals surface area contributed by atoms with Gasteiger partial charge in [-0.25, -0.2) is 4.39 Å². The number of nitrogens with zero attached hydrogens (tertiary/aromatic N) is 1. The molecule has 4 nitrogen and oxygen atoms in total. The topological polar surface area (TPSA) is 62.1 Å². The van der Waals surface area contributed by atoms with Crippen molar-refractivity contribution in [3.8, 4) is 11.8 Å². The zero-order valence-corrected chi connectivity index (χ0v) is 17.9. The van der Waals surface area contributed by atoms with Crippen LogP contribution in [0.1, 0.15) is 11.1 Å². The maximum atomic E-state index is 13.3. The Bertz CT molecular complexity index is 1140. The van der Waals surface area contributed by atoms with Crippen LogP contribution in [0.25, 0.3) is 6.08 Å². The normalized spacial score (nSPS) is 10.9. The summed E-state index contributed by atoms with van der Waals surface area (Å²) in [5, 5.41) is 12.6. The van der Waals surface area contributed by atoms with Crippen molar-refractivity contribution in [1.29, 1.82) is 5.26 Å². The molecule has 0 saturated carbocycles. The molecule has 0 aliphatic heterocycles. The molecule has 0 heterocycles. The summed E-state index contributed by atoms with van der Waals surface area (Å²) < 4.78 is 19.6. The Morgan fingerprint density at radius 1 is 1.17 bits per heavy atom. The fourth-order valence-electron chi connectivity index (χ4n) is 2.56. The van der Waals surface area contributed by atoms with Crippen molar-refractivity contribution >= 4 is 45.2 Å². The fraction of sp³-hybridized carbons (Fsp3) is 0.0435. The fourth-order valence-corrected chi connectivity index (χ4v) is 3.20. The molecule has 3 rings (SSSR count). The molecule has 30 heavy (non-hydrogen) atoms. The third-order valence-electron chi connectivity index (χ3n) is 4.02. The van der Waals surface area contributed by atoms with Crippen molar-refractivity contribution in [2.45, 2.75) is 6.61 Å². The Balaban J connectivity index is 1.70. The van der Waals surface area contributed by atoms with Gasteiger partial charge in [-0.05, 0) is 81.7 Å². The largest absolute Gasteiger partial charge is 0.488 e. The van der Waals surface area contributed by atoms with Gasteiger partial charge < -0.3 is 10.1 Å². The predicted molar refractivity (Wildman–Crippen MR) is 119 cm³/mol. The van der Waals surface area contributed by atoms with Crippen LogP contribution in [0.2, 0.25) is 5.02 Å². The molecule has 3 aromatic rings. The van der Waals surface area contributed by atoms with Crippen molar-refractivity contribution < 1.29 is 13.9 Å². The van der Waals surface area contributed by atoms with Gasteiger partial charge in [-0.3, -0.25) is 4.79 Å². The van der Waals surface area contributed by atoms with E-state index in [4.69, 9.17) is 16.3 Å². The highest BCUT2D eigenvalue weighted by Crippen LogP contribution is 2.28. The van der Waals surface area contributed by atoms with Gasteiger partial charge in [-0.1, -0.05) is 29.8 Å². The van der Waals surface area contributed by atoms with E-state index < -0.39 is 5.91 Å². The average molecular weight is 486 g/mol.